The molecule has 86 valence electrons. The molecule has 0 bridgehead atoms. The van der Waals surface area contributed by atoms with Crippen LogP contribution < -0.4 is 5.32 Å². The first-order chi connectivity index (χ1) is 7.13. The average molecular weight is 226 g/mol. The Balaban J connectivity index is 2.51. The fraction of sp³-hybridized carbons (Fsp3) is 0.750. The lowest BCUT2D eigenvalue weighted by Gasteiger charge is -2.08. The Morgan fingerprint density at radius 1 is 1.40 bits per heavy atom. The Kier molecular flexibility index (Phi) is 5.26. The number of likely N-dealkylation sites (N-methyl/N-ethyl adjacent to an activating group) is 1. The van der Waals surface area contributed by atoms with Crippen LogP contribution in [0.1, 0.15) is 44.3 Å². The number of aromatic nitrogens is 1. The van der Waals surface area contributed by atoms with E-state index < -0.39 is 0 Å². The Morgan fingerprint density at radius 3 is 2.73 bits per heavy atom. The number of nitrogens with one attached hydrogen (secondary N) is 1. The lowest BCUT2D eigenvalue weighted by Crippen LogP contribution is -2.19. The second-order valence-corrected chi connectivity index (χ2v) is 5.42. The van der Waals surface area contributed by atoms with Gasteiger partial charge in [0.05, 0.1) is 10.7 Å². The van der Waals surface area contributed by atoms with Gasteiger partial charge in [0.2, 0.25) is 0 Å². The van der Waals surface area contributed by atoms with Gasteiger partial charge in [-0.1, -0.05) is 27.7 Å². The average Bonchev–Trinajstić information content (AvgIpc) is 2.61. The van der Waals surface area contributed by atoms with Gasteiger partial charge in [0.25, 0.3) is 0 Å². The first kappa shape index (κ1) is 12.7. The van der Waals surface area contributed by atoms with Crippen molar-refractivity contribution in [2.45, 2.75) is 40.0 Å². The normalized spacial score (nSPS) is 13.4. The van der Waals surface area contributed by atoms with Crippen molar-refractivity contribution < 1.29 is 0 Å². The molecule has 1 atom stereocenters. The van der Waals surface area contributed by atoms with E-state index in [0.29, 0.717) is 11.8 Å². The molecule has 1 heterocycles. The van der Waals surface area contributed by atoms with E-state index in [1.165, 1.54) is 10.7 Å². The zero-order valence-corrected chi connectivity index (χ0v) is 11.0. The largest absolute Gasteiger partial charge is 0.316 e. The van der Waals surface area contributed by atoms with Gasteiger partial charge < -0.3 is 5.32 Å². The molecule has 0 aromatic carbocycles. The molecule has 1 aromatic heterocycles. The van der Waals surface area contributed by atoms with Gasteiger partial charge >= 0.3 is 0 Å². The van der Waals surface area contributed by atoms with Crippen LogP contribution in [0.2, 0.25) is 0 Å². The summed E-state index contributed by atoms with van der Waals surface area (Å²) >= 11 is 1.80. The van der Waals surface area contributed by atoms with Crippen LogP contribution in [0.4, 0.5) is 0 Å². The summed E-state index contributed by atoms with van der Waals surface area (Å²) in [5.41, 5.74) is 1.25. The smallest absolute Gasteiger partial charge is 0.0930 e. The molecular weight excluding hydrogens is 204 g/mol. The summed E-state index contributed by atoms with van der Waals surface area (Å²) in [5.74, 6) is 1.23. The van der Waals surface area contributed by atoms with E-state index in [0.717, 1.165) is 19.5 Å². The molecule has 1 unspecified atom stereocenters. The van der Waals surface area contributed by atoms with E-state index in [2.05, 4.69) is 43.4 Å². The fourth-order valence-electron chi connectivity index (χ4n) is 1.46. The summed E-state index contributed by atoms with van der Waals surface area (Å²) in [6.07, 6.45) is 1.11. The van der Waals surface area contributed by atoms with Crippen molar-refractivity contribution >= 4 is 11.3 Å². The molecule has 0 saturated heterocycles. The van der Waals surface area contributed by atoms with Crippen LogP contribution in [0, 0.1) is 5.92 Å². The van der Waals surface area contributed by atoms with Gasteiger partial charge in [0, 0.05) is 24.3 Å². The van der Waals surface area contributed by atoms with Crippen LogP contribution in [0.15, 0.2) is 5.38 Å². The molecule has 3 heteroatoms. The molecule has 0 aliphatic rings. The van der Waals surface area contributed by atoms with E-state index >= 15 is 0 Å². The molecule has 0 aliphatic carbocycles. The van der Waals surface area contributed by atoms with Crippen LogP contribution in [0.3, 0.4) is 0 Å². The molecule has 0 radical (unpaired) electrons. The molecule has 1 N–H and O–H groups in total. The SMILES string of the molecule is CCNCC(C)c1csc(CC(C)C)n1. The highest BCUT2D eigenvalue weighted by atomic mass is 32.1. The fourth-order valence-corrected chi connectivity index (χ4v) is 2.59. The van der Waals surface area contributed by atoms with Crippen LogP contribution in [0.5, 0.6) is 0 Å². The Labute approximate surface area is 97.1 Å². The van der Waals surface area contributed by atoms with Crippen LogP contribution in [0.25, 0.3) is 0 Å². The number of thiazole rings is 1. The number of hydrogen-bond acceptors (Lipinski definition) is 3. The quantitative estimate of drug-likeness (QED) is 0.806. The summed E-state index contributed by atoms with van der Waals surface area (Å²) in [4.78, 5) is 4.68. The minimum absolute atomic E-state index is 0.530. The molecule has 1 rings (SSSR count). The topological polar surface area (TPSA) is 24.9 Å². The van der Waals surface area contributed by atoms with Crippen molar-refractivity contribution in [2.24, 2.45) is 5.92 Å². The van der Waals surface area contributed by atoms with Crippen LogP contribution >= 0.6 is 11.3 Å². The Morgan fingerprint density at radius 2 is 2.13 bits per heavy atom. The van der Waals surface area contributed by atoms with Crippen molar-refractivity contribution in [3.8, 4) is 0 Å². The maximum Gasteiger partial charge on any atom is 0.0930 e. The number of hydrogen-bond donors (Lipinski definition) is 1. The highest BCUT2D eigenvalue weighted by molar-refractivity contribution is 7.09. The van der Waals surface area contributed by atoms with Crippen molar-refractivity contribution in [1.29, 1.82) is 0 Å². The summed E-state index contributed by atoms with van der Waals surface area (Å²) in [7, 11) is 0. The van der Waals surface area contributed by atoms with E-state index in [9.17, 15) is 0 Å². The molecule has 0 fully saturated rings. The maximum absolute atomic E-state index is 4.68. The summed E-state index contributed by atoms with van der Waals surface area (Å²) in [6, 6.07) is 0. The third-order valence-corrected chi connectivity index (χ3v) is 3.25. The van der Waals surface area contributed by atoms with Gasteiger partial charge in [0.1, 0.15) is 0 Å². The maximum atomic E-state index is 4.68. The standard InChI is InChI=1S/C12H22N2S/c1-5-13-7-10(4)11-8-15-12(14-11)6-9(2)3/h8-10,13H,5-7H2,1-4H3. The van der Waals surface area contributed by atoms with Crippen molar-refractivity contribution in [3.05, 3.63) is 16.1 Å². The molecule has 2 nitrogen and oxygen atoms in total. The summed E-state index contributed by atoms with van der Waals surface area (Å²) < 4.78 is 0. The minimum atomic E-state index is 0.530. The predicted molar refractivity (Wildman–Crippen MR) is 67.6 cm³/mol. The molecule has 1 aromatic rings. The highest BCUT2D eigenvalue weighted by Gasteiger charge is 2.10. The van der Waals surface area contributed by atoms with Gasteiger partial charge in [0.15, 0.2) is 0 Å². The van der Waals surface area contributed by atoms with Crippen molar-refractivity contribution in [3.63, 3.8) is 0 Å². The first-order valence-corrected chi connectivity index (χ1v) is 6.66. The van der Waals surface area contributed by atoms with Crippen molar-refractivity contribution in [1.82, 2.24) is 10.3 Å². The first-order valence-electron chi connectivity index (χ1n) is 5.78. The molecule has 15 heavy (non-hydrogen) atoms. The van der Waals surface area contributed by atoms with Crippen LogP contribution in [-0.4, -0.2) is 18.1 Å². The number of nitrogens with zero attached hydrogens (tertiary/aromatic N) is 1. The monoisotopic (exact) mass is 226 g/mol. The van der Waals surface area contributed by atoms with Crippen LogP contribution in [-0.2, 0) is 6.42 Å². The molecule has 0 aliphatic heterocycles. The third kappa shape index (κ3) is 4.31. The van der Waals surface area contributed by atoms with E-state index in [4.69, 9.17) is 0 Å². The van der Waals surface area contributed by atoms with Crippen molar-refractivity contribution in [2.75, 3.05) is 13.1 Å². The number of rotatable bonds is 6. The Bertz CT molecular complexity index is 281. The molecular formula is C12H22N2S. The molecule has 0 amide bonds. The summed E-state index contributed by atoms with van der Waals surface area (Å²) in [6.45, 7) is 10.9. The second-order valence-electron chi connectivity index (χ2n) is 4.47. The highest BCUT2D eigenvalue weighted by Crippen LogP contribution is 2.20. The van der Waals surface area contributed by atoms with E-state index in [1.54, 1.807) is 11.3 Å². The zero-order valence-electron chi connectivity index (χ0n) is 10.2. The van der Waals surface area contributed by atoms with Gasteiger partial charge in [-0.05, 0) is 12.5 Å². The second kappa shape index (κ2) is 6.23. The third-order valence-electron chi connectivity index (χ3n) is 2.36. The van der Waals surface area contributed by atoms with Gasteiger partial charge in [-0.25, -0.2) is 4.98 Å². The van der Waals surface area contributed by atoms with Gasteiger partial charge in [-0.2, -0.15) is 0 Å². The van der Waals surface area contributed by atoms with Gasteiger partial charge in [-0.15, -0.1) is 11.3 Å². The molecule has 0 spiro atoms. The Hall–Kier alpha value is -0.410. The minimum Gasteiger partial charge on any atom is -0.316 e. The lowest BCUT2D eigenvalue weighted by molar-refractivity contribution is 0.614. The predicted octanol–water partition coefficient (Wildman–Crippen LogP) is 3.05. The summed E-state index contributed by atoms with van der Waals surface area (Å²) in [5, 5.41) is 6.85. The van der Waals surface area contributed by atoms with Gasteiger partial charge in [-0.3, -0.25) is 0 Å². The van der Waals surface area contributed by atoms with E-state index in [1.807, 2.05) is 0 Å². The lowest BCUT2D eigenvalue weighted by atomic mass is 10.1. The zero-order chi connectivity index (χ0) is 11.3. The molecule has 0 saturated carbocycles. The van der Waals surface area contributed by atoms with E-state index in [-0.39, 0.29) is 0 Å².